The normalized spacial score (nSPS) is 18.6. The number of nitrogens with zero attached hydrogens (tertiary/aromatic N) is 4. The molecule has 1 saturated heterocycles. The van der Waals surface area contributed by atoms with Crippen molar-refractivity contribution in [3.8, 4) is 17.2 Å². The van der Waals surface area contributed by atoms with Gasteiger partial charge in [-0.2, -0.15) is 0 Å². The van der Waals surface area contributed by atoms with Crippen LogP contribution in [0.2, 0.25) is 0 Å². The summed E-state index contributed by atoms with van der Waals surface area (Å²) in [5.74, 6) is 1.57. The number of amides is 1. The minimum absolute atomic E-state index is 0.104. The molecular formula is C28H29N5O3. The molecule has 36 heavy (non-hydrogen) atoms. The number of likely N-dealkylation sites (tertiary alicyclic amines) is 1. The number of hydrogen-bond donors (Lipinski definition) is 1. The zero-order chi connectivity index (χ0) is 24.9. The maximum absolute atomic E-state index is 13.6. The average molecular weight is 484 g/mol. The van der Waals surface area contributed by atoms with E-state index in [9.17, 15) is 4.79 Å². The lowest BCUT2D eigenvalue weighted by atomic mass is 9.95. The van der Waals surface area contributed by atoms with E-state index < -0.39 is 5.54 Å². The van der Waals surface area contributed by atoms with Gasteiger partial charge in [-0.15, -0.1) is 10.2 Å². The zero-order valence-electron chi connectivity index (χ0n) is 20.7. The van der Waals surface area contributed by atoms with Gasteiger partial charge in [-0.25, -0.2) is 0 Å². The molecule has 8 nitrogen and oxygen atoms in total. The van der Waals surface area contributed by atoms with Gasteiger partial charge >= 0.3 is 0 Å². The molecule has 1 aliphatic carbocycles. The lowest BCUT2D eigenvalue weighted by molar-refractivity contribution is 0.0767. The number of ether oxygens (including phenoxy) is 1. The van der Waals surface area contributed by atoms with Crippen molar-refractivity contribution >= 4 is 16.8 Å². The summed E-state index contributed by atoms with van der Waals surface area (Å²) in [6.45, 7) is 5.46. The number of carbonyl (C=O) groups is 1. The van der Waals surface area contributed by atoms with E-state index in [0.717, 1.165) is 59.2 Å². The Kier molecular flexibility index (Phi) is 5.48. The summed E-state index contributed by atoms with van der Waals surface area (Å²) in [5.41, 5.74) is 3.72. The predicted octanol–water partition coefficient (Wildman–Crippen LogP) is 4.40. The van der Waals surface area contributed by atoms with E-state index in [1.54, 1.807) is 13.1 Å². The predicted molar refractivity (Wildman–Crippen MR) is 136 cm³/mol. The Bertz CT molecular complexity index is 1460. The number of carbonyl (C=O) groups excluding carboxylic acids is 1. The van der Waals surface area contributed by atoms with Crippen molar-refractivity contribution in [1.82, 2.24) is 25.4 Å². The first-order valence-corrected chi connectivity index (χ1v) is 12.4. The minimum atomic E-state index is -0.471. The number of nitrogens with one attached hydrogen (secondary N) is 1. The second kappa shape index (κ2) is 8.71. The molecule has 3 heterocycles. The van der Waals surface area contributed by atoms with Crippen LogP contribution in [0.4, 0.5) is 0 Å². The smallest absolute Gasteiger partial charge is 0.252 e. The molecule has 1 unspecified atom stereocenters. The molecule has 4 aromatic rings. The Hall–Kier alpha value is -3.78. The number of benzene rings is 2. The summed E-state index contributed by atoms with van der Waals surface area (Å²) in [6.07, 6.45) is 4.60. The maximum atomic E-state index is 13.6. The van der Waals surface area contributed by atoms with Crippen molar-refractivity contribution in [1.29, 1.82) is 0 Å². The Morgan fingerprint density at radius 2 is 2.06 bits per heavy atom. The van der Waals surface area contributed by atoms with Gasteiger partial charge in [-0.05, 0) is 81.2 Å². The highest BCUT2D eigenvalue weighted by atomic mass is 16.5. The van der Waals surface area contributed by atoms with Crippen molar-refractivity contribution in [2.75, 3.05) is 20.2 Å². The first-order valence-electron chi connectivity index (χ1n) is 12.4. The number of hydrogen-bond acceptors (Lipinski definition) is 7. The van der Waals surface area contributed by atoms with E-state index >= 15 is 0 Å². The summed E-state index contributed by atoms with van der Waals surface area (Å²) in [5, 5.41) is 12.5. The van der Waals surface area contributed by atoms with Gasteiger partial charge in [0.1, 0.15) is 12.4 Å². The summed E-state index contributed by atoms with van der Waals surface area (Å²) in [7, 11) is 2.11. The second-order valence-electron chi connectivity index (χ2n) is 9.97. The van der Waals surface area contributed by atoms with E-state index in [1.165, 1.54) is 0 Å². The van der Waals surface area contributed by atoms with E-state index in [2.05, 4.69) is 32.4 Å². The number of aromatic nitrogens is 3. The first kappa shape index (κ1) is 22.7. The third kappa shape index (κ3) is 4.11. The molecule has 184 valence electrons. The van der Waals surface area contributed by atoms with Crippen molar-refractivity contribution in [3.63, 3.8) is 0 Å². The SMILES string of the molecule is Cc1nnc(-c2cc(C3(NC(=O)c4cc(OCC5CCN5C)ccc4C)CC3)c3cccnc3c2)o1. The Morgan fingerprint density at radius 3 is 2.75 bits per heavy atom. The van der Waals surface area contributed by atoms with Crippen LogP contribution in [-0.2, 0) is 5.54 Å². The van der Waals surface area contributed by atoms with Gasteiger partial charge < -0.3 is 14.5 Å². The molecule has 2 aromatic carbocycles. The maximum Gasteiger partial charge on any atom is 0.252 e. The molecule has 0 bridgehead atoms. The number of rotatable bonds is 7. The van der Waals surface area contributed by atoms with E-state index in [1.807, 2.05) is 49.4 Å². The van der Waals surface area contributed by atoms with Crippen molar-refractivity contribution < 1.29 is 13.9 Å². The molecule has 1 aliphatic heterocycles. The van der Waals surface area contributed by atoms with Gasteiger partial charge in [0.05, 0.1) is 11.1 Å². The summed E-state index contributed by atoms with van der Waals surface area (Å²) in [4.78, 5) is 20.4. The van der Waals surface area contributed by atoms with E-state index in [-0.39, 0.29) is 5.91 Å². The molecule has 1 amide bonds. The third-order valence-corrected chi connectivity index (χ3v) is 7.45. The fraction of sp³-hybridized carbons (Fsp3) is 0.357. The molecule has 1 saturated carbocycles. The van der Waals surface area contributed by atoms with Gasteiger partial charge in [0, 0.05) is 35.7 Å². The van der Waals surface area contributed by atoms with Crippen LogP contribution >= 0.6 is 0 Å². The fourth-order valence-electron chi connectivity index (χ4n) is 4.89. The standard InChI is InChI=1S/C28H29N5O3/c1-17-6-7-21(35-16-20-8-12-33(20)3)15-23(17)26(34)30-28(9-10-28)24-13-19(27-32-31-18(2)36-27)14-25-22(24)5-4-11-29-25/h4-7,11,13-15,20H,8-10,12,16H2,1-3H3,(H,30,34). The van der Waals surface area contributed by atoms with Crippen LogP contribution in [0.5, 0.6) is 5.75 Å². The highest BCUT2D eigenvalue weighted by Gasteiger charge is 2.47. The van der Waals surface area contributed by atoms with Crippen molar-refractivity contribution in [2.24, 2.45) is 0 Å². The lowest BCUT2D eigenvalue weighted by Gasteiger charge is -2.37. The molecule has 1 N–H and O–H groups in total. The van der Waals surface area contributed by atoms with Gasteiger partial charge in [0.2, 0.25) is 11.8 Å². The highest BCUT2D eigenvalue weighted by Crippen LogP contribution is 2.49. The van der Waals surface area contributed by atoms with Crippen LogP contribution in [0.3, 0.4) is 0 Å². The molecule has 1 atom stereocenters. The number of fused-ring (bicyclic) bond motifs is 1. The van der Waals surface area contributed by atoms with Gasteiger partial charge in [-0.1, -0.05) is 12.1 Å². The quantitative estimate of drug-likeness (QED) is 0.416. The Labute approximate surface area is 209 Å². The molecule has 0 radical (unpaired) electrons. The number of pyridine rings is 1. The van der Waals surface area contributed by atoms with Crippen LogP contribution in [0.15, 0.2) is 53.1 Å². The summed E-state index contributed by atoms with van der Waals surface area (Å²) < 4.78 is 11.7. The highest BCUT2D eigenvalue weighted by molar-refractivity contribution is 5.97. The van der Waals surface area contributed by atoms with Gasteiger partial charge in [-0.3, -0.25) is 14.7 Å². The molecule has 6 rings (SSSR count). The summed E-state index contributed by atoms with van der Waals surface area (Å²) >= 11 is 0. The Morgan fingerprint density at radius 1 is 1.19 bits per heavy atom. The number of aryl methyl sites for hydroxylation is 2. The van der Waals surface area contributed by atoms with Gasteiger partial charge in [0.15, 0.2) is 0 Å². The molecule has 0 spiro atoms. The lowest BCUT2D eigenvalue weighted by Crippen LogP contribution is -2.48. The van der Waals surface area contributed by atoms with E-state index in [4.69, 9.17) is 9.15 Å². The van der Waals surface area contributed by atoms with Crippen LogP contribution < -0.4 is 10.1 Å². The topological polar surface area (TPSA) is 93.4 Å². The van der Waals surface area contributed by atoms with Crippen LogP contribution in [-0.4, -0.2) is 52.2 Å². The van der Waals surface area contributed by atoms with E-state index in [0.29, 0.717) is 30.0 Å². The Balaban J connectivity index is 1.30. The first-order chi connectivity index (χ1) is 17.4. The molecule has 2 aliphatic rings. The van der Waals surface area contributed by atoms with Crippen molar-refractivity contribution in [3.05, 3.63) is 71.2 Å². The van der Waals surface area contributed by atoms with Crippen LogP contribution in [0.1, 0.15) is 46.6 Å². The minimum Gasteiger partial charge on any atom is -0.492 e. The second-order valence-corrected chi connectivity index (χ2v) is 9.97. The monoisotopic (exact) mass is 483 g/mol. The largest absolute Gasteiger partial charge is 0.492 e. The van der Waals surface area contributed by atoms with Gasteiger partial charge in [0.25, 0.3) is 5.91 Å². The molecule has 2 aromatic heterocycles. The van der Waals surface area contributed by atoms with Crippen LogP contribution in [0, 0.1) is 13.8 Å². The molecular weight excluding hydrogens is 454 g/mol. The summed E-state index contributed by atoms with van der Waals surface area (Å²) in [6, 6.07) is 14.2. The van der Waals surface area contributed by atoms with Crippen molar-refractivity contribution in [2.45, 2.75) is 44.7 Å². The fourth-order valence-corrected chi connectivity index (χ4v) is 4.89. The molecule has 2 fully saturated rings. The zero-order valence-corrected chi connectivity index (χ0v) is 20.7. The van der Waals surface area contributed by atoms with Crippen LogP contribution in [0.25, 0.3) is 22.4 Å². The number of likely N-dealkylation sites (N-methyl/N-ethyl adjacent to an activating group) is 1. The molecule has 8 heteroatoms. The average Bonchev–Trinajstić information content (AvgIpc) is 3.52. The third-order valence-electron chi connectivity index (χ3n) is 7.45.